The second kappa shape index (κ2) is 12.2. The Hall–Kier alpha value is -5.54. The Morgan fingerprint density at radius 2 is 0.646 bits per heavy atom. The zero-order valence-corrected chi connectivity index (χ0v) is 27.5. The second-order valence-corrected chi connectivity index (χ2v) is 16.6. The summed E-state index contributed by atoms with van der Waals surface area (Å²) in [5, 5.41) is 4.76. The number of pyridine rings is 4. The monoisotopic (exact) mass is 658 g/mol. The van der Waals surface area contributed by atoms with E-state index in [9.17, 15) is 0 Å². The summed E-state index contributed by atoms with van der Waals surface area (Å²) in [6, 6.07) is 45.7. The van der Waals surface area contributed by atoms with Crippen molar-refractivity contribution in [3.8, 4) is 11.1 Å². The van der Waals surface area contributed by atoms with E-state index in [1.54, 1.807) is 49.1 Å². The molecule has 6 nitrogen and oxygen atoms in total. The largest absolute Gasteiger partial charge is 0.305 e. The van der Waals surface area contributed by atoms with Crippen LogP contribution in [0.25, 0.3) is 32.7 Å². The molecule has 0 saturated carbocycles. The topological polar surface area (TPSA) is 85.7 Å². The zero-order valence-electron chi connectivity index (χ0n) is 25.7. The van der Waals surface area contributed by atoms with E-state index >= 15 is 9.13 Å². The fourth-order valence-electron chi connectivity index (χ4n) is 6.46. The van der Waals surface area contributed by atoms with Crippen LogP contribution in [0.15, 0.2) is 170 Å². The maximum Gasteiger partial charge on any atom is 0.206 e. The van der Waals surface area contributed by atoms with Crippen molar-refractivity contribution in [2.75, 3.05) is 0 Å². The van der Waals surface area contributed by atoms with Gasteiger partial charge in [0, 0.05) is 46.5 Å². The molecule has 4 aromatic carbocycles. The zero-order chi connectivity index (χ0) is 32.6. The number of hydrogen-bond donors (Lipinski definition) is 0. The number of rotatable bonds is 7. The molecule has 8 rings (SSSR count). The molecule has 0 saturated heterocycles. The predicted octanol–water partition coefficient (Wildman–Crippen LogP) is 6.52. The first kappa shape index (κ1) is 29.8. The van der Waals surface area contributed by atoms with Crippen LogP contribution < -0.4 is 32.3 Å². The third-order valence-corrected chi connectivity index (χ3v) is 14.4. The maximum absolute atomic E-state index is 16.1. The van der Waals surface area contributed by atoms with Crippen molar-refractivity contribution in [3.05, 3.63) is 170 Å². The predicted molar refractivity (Wildman–Crippen MR) is 197 cm³/mol. The highest BCUT2D eigenvalue weighted by Crippen LogP contribution is 2.50. The molecule has 0 aliphatic rings. The van der Waals surface area contributed by atoms with E-state index in [-0.39, 0.29) is 0 Å². The molecule has 0 aliphatic heterocycles. The molecular weight excluding hydrogens is 630 g/mol. The molecule has 0 spiro atoms. The van der Waals surface area contributed by atoms with Gasteiger partial charge in [-0.15, -0.1) is 0 Å². The summed E-state index contributed by atoms with van der Waals surface area (Å²) in [7, 11) is -7.44. The van der Waals surface area contributed by atoms with Gasteiger partial charge in [0.2, 0.25) is 14.3 Å². The van der Waals surface area contributed by atoms with Crippen LogP contribution in [0.4, 0.5) is 0 Å². The third-order valence-electron chi connectivity index (χ3n) is 8.63. The molecule has 0 bridgehead atoms. The van der Waals surface area contributed by atoms with Crippen molar-refractivity contribution in [1.82, 2.24) is 19.9 Å². The lowest BCUT2D eigenvalue weighted by Gasteiger charge is -2.27. The van der Waals surface area contributed by atoms with Crippen LogP contribution in [-0.2, 0) is 9.13 Å². The van der Waals surface area contributed by atoms with Crippen LogP contribution >= 0.6 is 14.3 Å². The minimum Gasteiger partial charge on any atom is -0.305 e. The molecule has 0 amide bonds. The first-order valence-electron chi connectivity index (χ1n) is 15.5. The van der Waals surface area contributed by atoms with Crippen LogP contribution in [0.2, 0.25) is 0 Å². The Morgan fingerprint density at radius 3 is 0.958 bits per heavy atom. The quantitative estimate of drug-likeness (QED) is 0.182. The van der Waals surface area contributed by atoms with Gasteiger partial charge in [-0.25, -0.2) is 0 Å². The normalized spacial score (nSPS) is 11.9. The van der Waals surface area contributed by atoms with Crippen molar-refractivity contribution in [1.29, 1.82) is 0 Å². The van der Waals surface area contributed by atoms with Gasteiger partial charge in [0.1, 0.15) is 21.7 Å². The third kappa shape index (κ3) is 4.81. The highest BCUT2D eigenvalue weighted by molar-refractivity contribution is 7.86. The molecule has 230 valence electrons. The minimum absolute atomic E-state index is 0.416. The van der Waals surface area contributed by atoms with Gasteiger partial charge in [0.05, 0.1) is 0 Å². The van der Waals surface area contributed by atoms with Crippen molar-refractivity contribution in [2.45, 2.75) is 0 Å². The van der Waals surface area contributed by atoms with Gasteiger partial charge in [-0.2, -0.15) is 0 Å². The minimum atomic E-state index is -3.72. The summed E-state index contributed by atoms with van der Waals surface area (Å²) in [5.41, 5.74) is 3.09. The summed E-state index contributed by atoms with van der Waals surface area (Å²) in [5.74, 6) is 0. The number of hydrogen-bond acceptors (Lipinski definition) is 6. The summed E-state index contributed by atoms with van der Waals surface area (Å²) in [6.07, 6.45) is 6.63. The molecule has 0 N–H and O–H groups in total. The Labute approximate surface area is 278 Å². The van der Waals surface area contributed by atoms with E-state index in [1.807, 2.05) is 121 Å². The molecule has 8 heteroatoms. The highest BCUT2D eigenvalue weighted by atomic mass is 31.2. The number of benzene rings is 4. The number of nitrogens with zero attached hydrogens (tertiary/aromatic N) is 4. The fourth-order valence-corrected chi connectivity index (χ4v) is 11.7. The average molecular weight is 659 g/mol. The van der Waals surface area contributed by atoms with Gasteiger partial charge >= 0.3 is 0 Å². The molecule has 0 unspecified atom stereocenters. The average Bonchev–Trinajstić information content (AvgIpc) is 3.18. The number of aromatic nitrogens is 4. The maximum atomic E-state index is 16.1. The summed E-state index contributed by atoms with van der Waals surface area (Å²) < 4.78 is 32.1. The molecule has 0 atom stereocenters. The van der Waals surface area contributed by atoms with E-state index in [2.05, 4.69) is 19.9 Å². The van der Waals surface area contributed by atoms with Gasteiger partial charge in [-0.1, -0.05) is 84.9 Å². The van der Waals surface area contributed by atoms with E-state index in [0.717, 1.165) is 21.5 Å². The van der Waals surface area contributed by atoms with Crippen molar-refractivity contribution in [3.63, 3.8) is 0 Å². The van der Waals surface area contributed by atoms with Crippen LogP contribution in [-0.4, -0.2) is 19.9 Å². The molecule has 4 aromatic heterocycles. The van der Waals surface area contributed by atoms with Gasteiger partial charge in [-0.05, 0) is 82.2 Å². The van der Waals surface area contributed by atoms with E-state index in [1.165, 1.54) is 0 Å². The molecule has 48 heavy (non-hydrogen) atoms. The van der Waals surface area contributed by atoms with Crippen molar-refractivity contribution >= 4 is 68.2 Å². The molecule has 0 fully saturated rings. The number of fused-ring (bicyclic) bond motifs is 2. The van der Waals surface area contributed by atoms with Gasteiger partial charge in [0.15, 0.2) is 0 Å². The second-order valence-electron chi connectivity index (χ2n) is 11.3. The highest BCUT2D eigenvalue weighted by Gasteiger charge is 2.40. The van der Waals surface area contributed by atoms with Gasteiger partial charge in [0.25, 0.3) is 0 Å². The van der Waals surface area contributed by atoms with Crippen LogP contribution in [0.3, 0.4) is 0 Å². The molecule has 0 radical (unpaired) electrons. The van der Waals surface area contributed by atoms with Crippen LogP contribution in [0, 0.1) is 0 Å². The SMILES string of the molecule is O=P(c1ccccn1)(c1ccccn1)c1ccc2ccccc2c1-c1c(P(=O)(c2ccccn2)c2ccccn2)ccc2ccccc12. The van der Waals surface area contributed by atoms with Gasteiger partial charge in [-0.3, -0.25) is 19.9 Å². The summed E-state index contributed by atoms with van der Waals surface area (Å²) in [4.78, 5) is 18.7. The lowest BCUT2D eigenvalue weighted by molar-refractivity contribution is 0.590. The van der Waals surface area contributed by atoms with E-state index in [4.69, 9.17) is 0 Å². The van der Waals surface area contributed by atoms with Crippen molar-refractivity contribution in [2.24, 2.45) is 0 Å². The Bertz CT molecular complexity index is 2250. The van der Waals surface area contributed by atoms with Crippen LogP contribution in [0.5, 0.6) is 0 Å². The smallest absolute Gasteiger partial charge is 0.206 e. The summed E-state index contributed by atoms with van der Waals surface area (Å²) >= 11 is 0. The van der Waals surface area contributed by atoms with E-state index < -0.39 is 14.3 Å². The lowest BCUT2D eigenvalue weighted by atomic mass is 9.93. The molecule has 4 heterocycles. The van der Waals surface area contributed by atoms with Crippen LogP contribution in [0.1, 0.15) is 0 Å². The Kier molecular flexibility index (Phi) is 7.61. The Morgan fingerprint density at radius 1 is 0.333 bits per heavy atom. The van der Waals surface area contributed by atoms with Gasteiger partial charge < -0.3 is 9.13 Å². The van der Waals surface area contributed by atoms with Crippen molar-refractivity contribution < 1.29 is 9.13 Å². The lowest BCUT2D eigenvalue weighted by Crippen LogP contribution is -2.32. The fraction of sp³-hybridized carbons (Fsp3) is 0. The first-order valence-corrected chi connectivity index (χ1v) is 18.9. The molecular formula is C40H28N4O2P2. The summed E-state index contributed by atoms with van der Waals surface area (Å²) in [6.45, 7) is 0. The molecule has 0 aliphatic carbocycles. The first-order chi connectivity index (χ1) is 23.6. The Balaban J connectivity index is 1.59. The standard InChI is InChI=1S/C40H28N4O2P2/c45-47(35-17-5-9-25-41-35,36-18-6-10-26-42-36)33-23-21-29-13-1-3-15-31(29)39(33)40-32-16-4-2-14-30(32)22-24-34(40)48(46,37-19-7-11-27-43-37)38-20-8-12-28-44-38/h1-28H. The molecule has 8 aromatic rings. The van der Waals surface area contributed by atoms with E-state index in [0.29, 0.717) is 43.5 Å².